The van der Waals surface area contributed by atoms with Crippen LogP contribution >= 0.6 is 0 Å². The Morgan fingerprint density at radius 1 is 1.20 bits per heavy atom. The number of nitrogens with zero attached hydrogens (tertiary/aromatic N) is 4. The van der Waals surface area contributed by atoms with E-state index in [0.29, 0.717) is 29.3 Å². The largest absolute Gasteiger partial charge is 0.497 e. The third kappa shape index (κ3) is 4.88. The van der Waals surface area contributed by atoms with Gasteiger partial charge < -0.3 is 14.9 Å². The van der Waals surface area contributed by atoms with Crippen molar-refractivity contribution in [3.8, 4) is 5.75 Å². The van der Waals surface area contributed by atoms with Crippen molar-refractivity contribution < 1.29 is 14.5 Å². The van der Waals surface area contributed by atoms with Crippen LogP contribution in [-0.4, -0.2) is 33.4 Å². The number of methoxy groups -OCH3 is 1. The molecule has 1 aromatic heterocycles. The minimum absolute atomic E-state index is 0.187. The lowest BCUT2D eigenvalue weighted by Gasteiger charge is -2.06. The van der Waals surface area contributed by atoms with Gasteiger partial charge in [-0.3, -0.25) is 4.79 Å². The van der Waals surface area contributed by atoms with Gasteiger partial charge in [0.15, 0.2) is 0 Å². The van der Waals surface area contributed by atoms with Crippen molar-refractivity contribution in [1.29, 1.82) is 0 Å². The second-order valence-corrected chi connectivity index (χ2v) is 6.63. The van der Waals surface area contributed by atoms with Gasteiger partial charge in [-0.15, -0.1) is 0 Å². The minimum atomic E-state index is -0.523. The molecule has 154 valence electrons. The van der Waals surface area contributed by atoms with Crippen molar-refractivity contribution >= 4 is 17.4 Å². The molecule has 0 bridgehead atoms. The third-order valence-electron chi connectivity index (χ3n) is 4.52. The molecule has 0 saturated heterocycles. The summed E-state index contributed by atoms with van der Waals surface area (Å²) < 4.78 is 6.74. The van der Waals surface area contributed by atoms with Crippen LogP contribution in [0.1, 0.15) is 34.1 Å². The van der Waals surface area contributed by atoms with E-state index in [0.717, 1.165) is 11.1 Å². The summed E-state index contributed by atoms with van der Waals surface area (Å²) in [5, 5.41) is 19.0. The number of ether oxygens (including phenoxy) is 1. The van der Waals surface area contributed by atoms with Gasteiger partial charge in [-0.1, -0.05) is 24.3 Å². The molecule has 0 spiro atoms. The summed E-state index contributed by atoms with van der Waals surface area (Å²) in [6.07, 6.45) is 0. The van der Waals surface area contributed by atoms with Crippen molar-refractivity contribution in [3.63, 3.8) is 0 Å². The molecule has 1 N–H and O–H groups in total. The monoisotopic (exact) mass is 407 g/mol. The maximum absolute atomic E-state index is 12.4. The number of hydrogen-bond acceptors (Lipinski definition) is 6. The minimum Gasteiger partial charge on any atom is -0.497 e. The number of carbonyl (C=O) groups excluding carboxylic acids is 1. The number of hydrazone groups is 1. The summed E-state index contributed by atoms with van der Waals surface area (Å²) in [5.41, 5.74) is 6.03. The fraction of sp³-hybridized carbons (Fsp3) is 0.190. The number of nitro groups is 1. The molecule has 0 aliphatic heterocycles. The van der Waals surface area contributed by atoms with Gasteiger partial charge in [-0.2, -0.15) is 9.78 Å². The van der Waals surface area contributed by atoms with Crippen LogP contribution < -0.4 is 10.2 Å². The molecule has 3 rings (SSSR count). The Hall–Kier alpha value is -4.01. The topological polar surface area (TPSA) is 112 Å². The first-order chi connectivity index (χ1) is 14.4. The molecule has 2 aromatic carbocycles. The molecule has 0 unspecified atom stereocenters. The number of amides is 1. The molecule has 9 heteroatoms. The molecule has 0 aliphatic rings. The van der Waals surface area contributed by atoms with E-state index in [2.05, 4.69) is 15.6 Å². The van der Waals surface area contributed by atoms with E-state index in [-0.39, 0.29) is 11.7 Å². The van der Waals surface area contributed by atoms with Crippen molar-refractivity contribution in [2.24, 2.45) is 5.10 Å². The average Bonchev–Trinajstić information content (AvgIpc) is 3.13. The number of aryl methyl sites for hydroxylation is 1. The number of aromatic nitrogens is 2. The highest BCUT2D eigenvalue weighted by Crippen LogP contribution is 2.15. The van der Waals surface area contributed by atoms with Crippen molar-refractivity contribution in [1.82, 2.24) is 15.2 Å². The van der Waals surface area contributed by atoms with Crippen LogP contribution in [0.15, 0.2) is 59.7 Å². The third-order valence-corrected chi connectivity index (χ3v) is 4.52. The van der Waals surface area contributed by atoms with Crippen molar-refractivity contribution in [3.05, 3.63) is 87.1 Å². The number of benzene rings is 2. The molecular weight excluding hydrogens is 386 g/mol. The van der Waals surface area contributed by atoms with Crippen LogP contribution in [0.25, 0.3) is 0 Å². The molecule has 30 heavy (non-hydrogen) atoms. The molecule has 0 saturated carbocycles. The van der Waals surface area contributed by atoms with Crippen LogP contribution in [0, 0.1) is 17.0 Å². The molecule has 3 aromatic rings. The lowest BCUT2D eigenvalue weighted by Crippen LogP contribution is -2.19. The Bertz CT molecular complexity index is 1100. The Labute approximate surface area is 173 Å². The molecule has 0 aliphatic carbocycles. The van der Waals surface area contributed by atoms with E-state index >= 15 is 0 Å². The molecule has 1 amide bonds. The van der Waals surface area contributed by atoms with Crippen LogP contribution in [-0.2, 0) is 6.54 Å². The van der Waals surface area contributed by atoms with Gasteiger partial charge in [0, 0.05) is 11.1 Å². The zero-order chi connectivity index (χ0) is 21.7. The van der Waals surface area contributed by atoms with Gasteiger partial charge in [0.1, 0.15) is 5.75 Å². The number of rotatable bonds is 7. The molecular formula is C21H21N5O4. The van der Waals surface area contributed by atoms with Crippen molar-refractivity contribution in [2.75, 3.05) is 7.11 Å². The predicted molar refractivity (Wildman–Crippen MR) is 112 cm³/mol. The van der Waals surface area contributed by atoms with E-state index in [1.54, 1.807) is 49.9 Å². The van der Waals surface area contributed by atoms with Crippen molar-refractivity contribution in [2.45, 2.75) is 20.4 Å². The van der Waals surface area contributed by atoms with Crippen LogP contribution in [0.2, 0.25) is 0 Å². The highest BCUT2D eigenvalue weighted by atomic mass is 16.6. The lowest BCUT2D eigenvalue weighted by molar-refractivity contribution is -0.389. The Morgan fingerprint density at radius 3 is 2.57 bits per heavy atom. The van der Waals surface area contributed by atoms with Crippen LogP contribution in [0.5, 0.6) is 5.75 Å². The zero-order valence-corrected chi connectivity index (χ0v) is 16.8. The number of hydrogen-bond donors (Lipinski definition) is 1. The molecule has 0 atom stereocenters. The normalized spacial score (nSPS) is 11.2. The number of nitrogens with one attached hydrogen (secondary N) is 1. The summed E-state index contributed by atoms with van der Waals surface area (Å²) >= 11 is 0. The first-order valence-electron chi connectivity index (χ1n) is 9.14. The quantitative estimate of drug-likeness (QED) is 0.367. The van der Waals surface area contributed by atoms with E-state index in [4.69, 9.17) is 4.74 Å². The maximum Gasteiger partial charge on any atom is 0.390 e. The molecule has 9 nitrogen and oxygen atoms in total. The maximum atomic E-state index is 12.4. The summed E-state index contributed by atoms with van der Waals surface area (Å²) in [7, 11) is 1.59. The van der Waals surface area contributed by atoms with Gasteiger partial charge in [0.25, 0.3) is 5.91 Å². The first kappa shape index (κ1) is 20.7. The standard InChI is InChI=1S/C21H21N5O4/c1-14-11-20(26(28)29)24-25(14)13-16-7-9-17(10-8-16)21(27)23-22-15(2)18-5-4-6-19(12-18)30-3/h4-12H,13H2,1-3H3,(H,23,27). The molecule has 1 heterocycles. The SMILES string of the molecule is COc1cccc(C(C)=NNC(=O)c2ccc(Cn3nc([N+](=O)[O-])cc3C)cc2)c1. The second kappa shape index (κ2) is 8.99. The Balaban J connectivity index is 1.65. The van der Waals surface area contributed by atoms with Gasteiger partial charge >= 0.3 is 5.82 Å². The van der Waals surface area contributed by atoms with Gasteiger partial charge in [0.2, 0.25) is 0 Å². The zero-order valence-electron chi connectivity index (χ0n) is 16.8. The smallest absolute Gasteiger partial charge is 0.390 e. The fourth-order valence-corrected chi connectivity index (χ4v) is 2.79. The average molecular weight is 407 g/mol. The highest BCUT2D eigenvalue weighted by Gasteiger charge is 2.15. The Kier molecular flexibility index (Phi) is 6.21. The van der Waals surface area contributed by atoms with Crippen LogP contribution in [0.3, 0.4) is 0 Å². The summed E-state index contributed by atoms with van der Waals surface area (Å²) in [5.74, 6) is 0.184. The summed E-state index contributed by atoms with van der Waals surface area (Å²) in [6.45, 7) is 3.92. The number of carbonyl (C=O) groups is 1. The molecule has 0 radical (unpaired) electrons. The first-order valence-corrected chi connectivity index (χ1v) is 9.14. The van der Waals surface area contributed by atoms with Gasteiger partial charge in [-0.05, 0) is 48.6 Å². The fourth-order valence-electron chi connectivity index (χ4n) is 2.79. The van der Waals surface area contributed by atoms with E-state index in [1.807, 2.05) is 24.3 Å². The Morgan fingerprint density at radius 2 is 1.93 bits per heavy atom. The van der Waals surface area contributed by atoms with Crippen LogP contribution in [0.4, 0.5) is 5.82 Å². The lowest BCUT2D eigenvalue weighted by atomic mass is 10.1. The van der Waals surface area contributed by atoms with E-state index in [9.17, 15) is 14.9 Å². The highest BCUT2D eigenvalue weighted by molar-refractivity contribution is 6.01. The summed E-state index contributed by atoms with van der Waals surface area (Å²) in [6, 6.07) is 15.7. The predicted octanol–water partition coefficient (Wildman–Crippen LogP) is 3.31. The van der Waals surface area contributed by atoms with Gasteiger partial charge in [0.05, 0.1) is 36.2 Å². The van der Waals surface area contributed by atoms with Gasteiger partial charge in [-0.25, -0.2) is 5.43 Å². The van der Waals surface area contributed by atoms with E-state index in [1.165, 1.54) is 6.07 Å². The molecule has 0 fully saturated rings. The second-order valence-electron chi connectivity index (χ2n) is 6.63. The summed E-state index contributed by atoms with van der Waals surface area (Å²) in [4.78, 5) is 22.7. The van der Waals surface area contributed by atoms with E-state index < -0.39 is 4.92 Å².